The van der Waals surface area contributed by atoms with Crippen molar-refractivity contribution in [1.82, 2.24) is 9.88 Å². The van der Waals surface area contributed by atoms with Gasteiger partial charge in [0.2, 0.25) is 0 Å². The van der Waals surface area contributed by atoms with E-state index in [0.29, 0.717) is 5.92 Å². The molecule has 0 radical (unpaired) electrons. The van der Waals surface area contributed by atoms with Gasteiger partial charge >= 0.3 is 0 Å². The van der Waals surface area contributed by atoms with Crippen LogP contribution in [0.25, 0.3) is 10.2 Å². The maximum atomic E-state index is 5.95. The van der Waals surface area contributed by atoms with Gasteiger partial charge in [-0.2, -0.15) is 0 Å². The Morgan fingerprint density at radius 1 is 1.38 bits per heavy atom. The minimum atomic E-state index is -0.112. The third-order valence-electron chi connectivity index (χ3n) is 5.47. The molecule has 0 saturated carbocycles. The lowest BCUT2D eigenvalue weighted by Gasteiger charge is -2.49. The largest absolute Gasteiger partial charge is 0.497 e. The molecule has 3 saturated heterocycles. The van der Waals surface area contributed by atoms with Crippen LogP contribution >= 0.6 is 11.3 Å². The van der Waals surface area contributed by atoms with Crippen molar-refractivity contribution >= 4 is 32.5 Å². The molecule has 6 nitrogen and oxygen atoms in total. The lowest BCUT2D eigenvalue weighted by molar-refractivity contribution is -0.136. The normalized spacial score (nSPS) is 31.3. The average molecular weight is 344 g/mol. The van der Waals surface area contributed by atoms with Gasteiger partial charge in [0.25, 0.3) is 0 Å². The molecule has 1 aromatic heterocycles. The van der Waals surface area contributed by atoms with Gasteiger partial charge in [0.05, 0.1) is 23.7 Å². The summed E-state index contributed by atoms with van der Waals surface area (Å²) in [4.78, 5) is 13.1. The number of hydrogen-bond acceptors (Lipinski definition) is 7. The number of amidine groups is 1. The molecule has 4 aliphatic heterocycles. The number of nitrogens with zero attached hydrogens (tertiary/aromatic N) is 3. The van der Waals surface area contributed by atoms with Crippen molar-refractivity contribution in [2.75, 3.05) is 32.1 Å². The van der Waals surface area contributed by atoms with E-state index >= 15 is 0 Å². The highest BCUT2D eigenvalue weighted by Crippen LogP contribution is 2.43. The number of rotatable bonds is 2. The Labute approximate surface area is 144 Å². The highest BCUT2D eigenvalue weighted by atomic mass is 32.1. The molecule has 6 rings (SSSR count). The van der Waals surface area contributed by atoms with Gasteiger partial charge in [-0.3, -0.25) is 4.90 Å². The van der Waals surface area contributed by atoms with Gasteiger partial charge in [0.1, 0.15) is 5.75 Å². The molecule has 7 heteroatoms. The molecule has 5 heterocycles. The van der Waals surface area contributed by atoms with Crippen molar-refractivity contribution in [2.24, 2.45) is 11.1 Å². The van der Waals surface area contributed by atoms with E-state index in [-0.39, 0.29) is 5.60 Å². The van der Waals surface area contributed by atoms with Crippen LogP contribution in [0.15, 0.2) is 23.4 Å². The molecule has 2 bridgehead atoms. The summed E-state index contributed by atoms with van der Waals surface area (Å²) in [6.45, 7) is 3.42. The van der Waals surface area contributed by atoms with Gasteiger partial charge in [-0.1, -0.05) is 16.5 Å². The van der Waals surface area contributed by atoms with E-state index in [1.165, 1.54) is 25.9 Å². The maximum absolute atomic E-state index is 5.95. The van der Waals surface area contributed by atoms with Gasteiger partial charge in [0, 0.05) is 12.5 Å². The summed E-state index contributed by atoms with van der Waals surface area (Å²) >= 11 is 1.62. The Bertz CT molecular complexity index is 812. The number of benzene rings is 1. The molecule has 0 amide bonds. The fraction of sp³-hybridized carbons (Fsp3) is 0.529. The van der Waals surface area contributed by atoms with Gasteiger partial charge < -0.3 is 14.9 Å². The van der Waals surface area contributed by atoms with E-state index in [0.717, 1.165) is 39.9 Å². The number of ether oxygens (including phenoxy) is 1. The van der Waals surface area contributed by atoms with E-state index in [1.54, 1.807) is 18.4 Å². The van der Waals surface area contributed by atoms with Gasteiger partial charge in [-0.25, -0.2) is 4.98 Å². The Morgan fingerprint density at radius 3 is 3.00 bits per heavy atom. The molecule has 126 valence electrons. The molecule has 24 heavy (non-hydrogen) atoms. The second-order valence-corrected chi connectivity index (χ2v) is 7.93. The van der Waals surface area contributed by atoms with Crippen LogP contribution < -0.4 is 10.1 Å². The van der Waals surface area contributed by atoms with Gasteiger partial charge in [-0.05, 0) is 44.1 Å². The zero-order chi connectivity index (χ0) is 16.1. The molecular formula is C17H20N4O2S. The first-order valence-electron chi connectivity index (χ1n) is 8.43. The predicted octanol–water partition coefficient (Wildman–Crippen LogP) is 2.92. The molecule has 4 aliphatic rings. The van der Waals surface area contributed by atoms with Gasteiger partial charge in [-0.15, -0.1) is 0 Å². The van der Waals surface area contributed by atoms with Crippen LogP contribution in [0, 0.1) is 5.92 Å². The molecule has 1 aromatic carbocycles. The number of piperidine rings is 3. The monoisotopic (exact) mass is 344 g/mol. The van der Waals surface area contributed by atoms with Crippen molar-refractivity contribution in [1.29, 1.82) is 0 Å². The van der Waals surface area contributed by atoms with Crippen molar-refractivity contribution in [2.45, 2.75) is 24.9 Å². The fourth-order valence-electron chi connectivity index (χ4n) is 4.20. The third-order valence-corrected chi connectivity index (χ3v) is 6.41. The summed E-state index contributed by atoms with van der Waals surface area (Å²) in [5.74, 6) is 2.38. The van der Waals surface area contributed by atoms with Crippen LogP contribution in [0.3, 0.4) is 0 Å². The first kappa shape index (κ1) is 14.5. The number of thiazole rings is 1. The second-order valence-electron chi connectivity index (χ2n) is 6.90. The van der Waals surface area contributed by atoms with Crippen LogP contribution in [0.5, 0.6) is 5.75 Å². The topological polar surface area (TPSA) is 59.0 Å². The highest BCUT2D eigenvalue weighted by Gasteiger charge is 2.52. The van der Waals surface area contributed by atoms with E-state index in [9.17, 15) is 0 Å². The highest BCUT2D eigenvalue weighted by molar-refractivity contribution is 7.22. The summed E-state index contributed by atoms with van der Waals surface area (Å²) in [6.07, 6.45) is 3.31. The number of aromatic nitrogens is 1. The lowest BCUT2D eigenvalue weighted by atomic mass is 9.73. The molecule has 0 aliphatic carbocycles. The number of fused-ring (bicyclic) bond motifs is 3. The first-order valence-corrected chi connectivity index (χ1v) is 9.25. The quantitative estimate of drug-likeness (QED) is 0.908. The third kappa shape index (κ3) is 2.26. The SMILES string of the molecule is COc1ccc2nc(NC3=NOC4(C3)CN3CCC4CC3)sc2c1. The number of hydrogen-bond donors (Lipinski definition) is 1. The summed E-state index contributed by atoms with van der Waals surface area (Å²) in [5.41, 5.74) is 0.860. The van der Waals surface area contributed by atoms with Crippen LogP contribution in [-0.2, 0) is 4.84 Å². The smallest absolute Gasteiger partial charge is 0.189 e. The minimum Gasteiger partial charge on any atom is -0.497 e. The van der Waals surface area contributed by atoms with E-state index in [1.807, 2.05) is 18.2 Å². The summed E-state index contributed by atoms with van der Waals surface area (Å²) in [5, 5.41) is 8.58. The van der Waals surface area contributed by atoms with Crippen molar-refractivity contribution in [3.05, 3.63) is 18.2 Å². The van der Waals surface area contributed by atoms with Gasteiger partial charge in [0.15, 0.2) is 16.6 Å². The molecule has 1 atom stereocenters. The standard InChI is InChI=1S/C17H20N4O2S/c1-22-12-2-3-13-14(8-12)24-16(18-13)19-15-9-17(23-20-15)10-21-6-4-11(17)5-7-21/h2-3,8,11H,4-7,9-10H2,1H3,(H,18,19,20). The van der Waals surface area contributed by atoms with E-state index in [4.69, 9.17) is 9.57 Å². The average Bonchev–Trinajstić information content (AvgIpc) is 3.19. The number of oxime groups is 1. The summed E-state index contributed by atoms with van der Waals surface area (Å²) in [7, 11) is 1.68. The Morgan fingerprint density at radius 2 is 2.25 bits per heavy atom. The summed E-state index contributed by atoms with van der Waals surface area (Å²) < 4.78 is 6.38. The number of anilines is 1. The minimum absolute atomic E-state index is 0.112. The zero-order valence-electron chi connectivity index (χ0n) is 13.6. The molecule has 1 N–H and O–H groups in total. The van der Waals surface area contributed by atoms with Crippen molar-refractivity contribution < 1.29 is 9.57 Å². The fourth-order valence-corrected chi connectivity index (χ4v) is 5.11. The van der Waals surface area contributed by atoms with E-state index < -0.39 is 0 Å². The van der Waals surface area contributed by atoms with Crippen molar-refractivity contribution in [3.8, 4) is 5.75 Å². The molecule has 3 fully saturated rings. The lowest BCUT2D eigenvalue weighted by Crippen LogP contribution is -2.59. The molecule has 2 aromatic rings. The number of nitrogens with one attached hydrogen (secondary N) is 1. The number of methoxy groups -OCH3 is 1. The first-order chi connectivity index (χ1) is 11.7. The molecule has 1 unspecified atom stereocenters. The van der Waals surface area contributed by atoms with Crippen LogP contribution in [-0.4, -0.2) is 48.1 Å². The van der Waals surface area contributed by atoms with Crippen LogP contribution in [0.4, 0.5) is 5.13 Å². The Kier molecular flexibility index (Phi) is 3.21. The molecule has 1 spiro atoms. The zero-order valence-corrected chi connectivity index (χ0v) is 14.4. The van der Waals surface area contributed by atoms with Crippen LogP contribution in [0.2, 0.25) is 0 Å². The van der Waals surface area contributed by atoms with Crippen LogP contribution in [0.1, 0.15) is 19.3 Å². The summed E-state index contributed by atoms with van der Waals surface area (Å²) in [6, 6.07) is 5.93. The van der Waals surface area contributed by atoms with Crippen molar-refractivity contribution in [3.63, 3.8) is 0 Å². The predicted molar refractivity (Wildman–Crippen MR) is 94.8 cm³/mol. The Hall–Kier alpha value is -1.86. The van der Waals surface area contributed by atoms with E-state index in [2.05, 4.69) is 20.4 Å². The maximum Gasteiger partial charge on any atom is 0.189 e. The second kappa shape index (κ2) is 5.32. The Balaban J connectivity index is 1.34. The molecular weight excluding hydrogens is 324 g/mol.